The Morgan fingerprint density at radius 1 is 1.48 bits per heavy atom. The van der Waals surface area contributed by atoms with E-state index in [1.807, 2.05) is 25.5 Å². The number of nitrogens with one attached hydrogen (secondary N) is 2. The van der Waals surface area contributed by atoms with Gasteiger partial charge in [0.15, 0.2) is 0 Å². The zero-order chi connectivity index (χ0) is 15.4. The number of rotatable bonds is 6. The van der Waals surface area contributed by atoms with Crippen LogP contribution in [0.5, 0.6) is 0 Å². The van der Waals surface area contributed by atoms with E-state index in [-0.39, 0.29) is 11.9 Å². The largest absolute Gasteiger partial charge is 0.346 e. The van der Waals surface area contributed by atoms with Crippen molar-refractivity contribution in [3.05, 3.63) is 29.1 Å². The fraction of sp³-hybridized carbons (Fsp3) is 0.571. The number of amides is 1. The maximum Gasteiger partial charge on any atom is 0.225 e. The third-order valence-electron chi connectivity index (χ3n) is 3.46. The summed E-state index contributed by atoms with van der Waals surface area (Å²) < 4.78 is 1.83. The van der Waals surface area contributed by atoms with Crippen molar-refractivity contribution in [2.24, 2.45) is 0 Å². The predicted molar refractivity (Wildman–Crippen MR) is 78.6 cm³/mol. The van der Waals surface area contributed by atoms with Crippen LogP contribution in [0.15, 0.2) is 6.33 Å². The van der Waals surface area contributed by atoms with Gasteiger partial charge in [0.2, 0.25) is 5.91 Å². The molecular weight excluding hydrogens is 268 g/mol. The number of carbonyl (C=O) groups is 1. The van der Waals surface area contributed by atoms with E-state index in [9.17, 15) is 4.79 Å². The Labute approximate surface area is 124 Å². The summed E-state index contributed by atoms with van der Waals surface area (Å²) in [5, 5.41) is 14.1. The van der Waals surface area contributed by atoms with Gasteiger partial charge in [0.05, 0.1) is 18.2 Å². The van der Waals surface area contributed by atoms with E-state index >= 15 is 0 Å². The van der Waals surface area contributed by atoms with Crippen molar-refractivity contribution in [2.75, 3.05) is 0 Å². The van der Waals surface area contributed by atoms with Crippen LogP contribution in [0.4, 0.5) is 0 Å². The van der Waals surface area contributed by atoms with Gasteiger partial charge in [-0.3, -0.25) is 9.89 Å². The predicted octanol–water partition coefficient (Wildman–Crippen LogP) is 1.45. The average Bonchev–Trinajstić information content (AvgIpc) is 3.01. The molecule has 0 saturated carbocycles. The van der Waals surface area contributed by atoms with Gasteiger partial charge in [-0.05, 0) is 27.2 Å². The highest BCUT2D eigenvalue weighted by Gasteiger charge is 2.17. The summed E-state index contributed by atoms with van der Waals surface area (Å²) in [4.78, 5) is 16.4. The van der Waals surface area contributed by atoms with Gasteiger partial charge in [0, 0.05) is 17.8 Å². The van der Waals surface area contributed by atoms with Gasteiger partial charge in [0.25, 0.3) is 0 Å². The van der Waals surface area contributed by atoms with Crippen molar-refractivity contribution >= 4 is 5.91 Å². The van der Waals surface area contributed by atoms with Crippen LogP contribution in [0.1, 0.15) is 49.1 Å². The average molecular weight is 290 g/mol. The standard InChI is InChI=1S/C14H22N6O/c1-5-6-20-14(15-8-16-20)11(4)17-13(21)7-12-9(2)18-19-10(12)3/h8,11H,5-7H2,1-4H3,(H,17,21)(H,18,19)/t11-/m1/s1. The van der Waals surface area contributed by atoms with Crippen molar-refractivity contribution in [3.8, 4) is 0 Å². The Kier molecular flexibility index (Phi) is 4.72. The third kappa shape index (κ3) is 3.48. The van der Waals surface area contributed by atoms with Crippen LogP contribution in [-0.4, -0.2) is 30.9 Å². The number of aromatic amines is 1. The molecule has 21 heavy (non-hydrogen) atoms. The van der Waals surface area contributed by atoms with Gasteiger partial charge in [0.1, 0.15) is 12.2 Å². The molecule has 2 aromatic rings. The van der Waals surface area contributed by atoms with Crippen molar-refractivity contribution in [2.45, 2.75) is 53.1 Å². The van der Waals surface area contributed by atoms with Crippen LogP contribution in [0.2, 0.25) is 0 Å². The molecule has 0 bridgehead atoms. The topological polar surface area (TPSA) is 88.5 Å². The maximum absolute atomic E-state index is 12.2. The van der Waals surface area contributed by atoms with E-state index in [0.717, 1.165) is 35.7 Å². The second-order valence-electron chi connectivity index (χ2n) is 5.22. The lowest BCUT2D eigenvalue weighted by Gasteiger charge is -2.14. The van der Waals surface area contributed by atoms with E-state index in [1.165, 1.54) is 6.33 Å². The minimum Gasteiger partial charge on any atom is -0.346 e. The molecule has 0 spiro atoms. The maximum atomic E-state index is 12.2. The highest BCUT2D eigenvalue weighted by atomic mass is 16.1. The van der Waals surface area contributed by atoms with E-state index in [2.05, 4.69) is 32.5 Å². The van der Waals surface area contributed by atoms with Crippen LogP contribution in [0, 0.1) is 13.8 Å². The first kappa shape index (κ1) is 15.2. The van der Waals surface area contributed by atoms with Crippen LogP contribution in [0.25, 0.3) is 0 Å². The Bertz CT molecular complexity index is 595. The van der Waals surface area contributed by atoms with Crippen molar-refractivity contribution < 1.29 is 4.79 Å². The van der Waals surface area contributed by atoms with Crippen LogP contribution in [-0.2, 0) is 17.8 Å². The monoisotopic (exact) mass is 290 g/mol. The molecule has 0 saturated heterocycles. The second-order valence-corrected chi connectivity index (χ2v) is 5.22. The van der Waals surface area contributed by atoms with Gasteiger partial charge >= 0.3 is 0 Å². The van der Waals surface area contributed by atoms with E-state index in [1.54, 1.807) is 0 Å². The molecule has 0 aromatic carbocycles. The molecule has 0 fully saturated rings. The molecule has 7 nitrogen and oxygen atoms in total. The molecule has 0 aliphatic rings. The van der Waals surface area contributed by atoms with Crippen LogP contribution < -0.4 is 5.32 Å². The summed E-state index contributed by atoms with van der Waals surface area (Å²) in [5.74, 6) is 0.743. The minimum atomic E-state index is -0.168. The molecule has 1 amide bonds. The van der Waals surface area contributed by atoms with Gasteiger partial charge in [-0.2, -0.15) is 10.2 Å². The van der Waals surface area contributed by atoms with Crippen molar-refractivity contribution in [1.82, 2.24) is 30.3 Å². The first-order valence-corrected chi connectivity index (χ1v) is 7.20. The zero-order valence-electron chi connectivity index (χ0n) is 13.0. The van der Waals surface area contributed by atoms with E-state index in [0.29, 0.717) is 6.42 Å². The lowest BCUT2D eigenvalue weighted by molar-refractivity contribution is -0.121. The fourth-order valence-electron chi connectivity index (χ4n) is 2.34. The highest BCUT2D eigenvalue weighted by Crippen LogP contribution is 2.12. The van der Waals surface area contributed by atoms with Crippen molar-refractivity contribution in [3.63, 3.8) is 0 Å². The molecule has 0 unspecified atom stereocenters. The summed E-state index contributed by atoms with van der Waals surface area (Å²) in [7, 11) is 0. The molecule has 2 heterocycles. The molecule has 2 rings (SSSR count). The molecule has 1 atom stereocenters. The summed E-state index contributed by atoms with van der Waals surface area (Å²) >= 11 is 0. The number of H-pyrrole nitrogens is 1. The van der Waals surface area contributed by atoms with Gasteiger partial charge < -0.3 is 5.32 Å². The lowest BCUT2D eigenvalue weighted by Crippen LogP contribution is -2.30. The SMILES string of the molecule is CCCn1ncnc1[C@@H](C)NC(=O)Cc1c(C)n[nH]c1C. The summed E-state index contributed by atoms with van der Waals surface area (Å²) in [6, 6.07) is -0.168. The molecule has 2 N–H and O–H groups in total. The first-order valence-electron chi connectivity index (χ1n) is 7.20. The lowest BCUT2D eigenvalue weighted by atomic mass is 10.1. The minimum absolute atomic E-state index is 0.0406. The van der Waals surface area contributed by atoms with Crippen LogP contribution in [0.3, 0.4) is 0 Å². The van der Waals surface area contributed by atoms with Gasteiger partial charge in [-0.25, -0.2) is 9.67 Å². The molecule has 0 aliphatic heterocycles. The molecule has 2 aromatic heterocycles. The summed E-state index contributed by atoms with van der Waals surface area (Å²) in [6.45, 7) is 8.62. The number of hydrogen-bond donors (Lipinski definition) is 2. The molecule has 114 valence electrons. The number of carbonyl (C=O) groups excluding carboxylic acids is 1. The zero-order valence-corrected chi connectivity index (χ0v) is 13.0. The number of hydrogen-bond acceptors (Lipinski definition) is 4. The fourth-order valence-corrected chi connectivity index (χ4v) is 2.34. The molecule has 0 aliphatic carbocycles. The highest BCUT2D eigenvalue weighted by molar-refractivity contribution is 5.79. The molecule has 7 heteroatoms. The first-order chi connectivity index (χ1) is 10.0. The Balaban J connectivity index is 2.00. The Morgan fingerprint density at radius 2 is 2.24 bits per heavy atom. The van der Waals surface area contributed by atoms with Gasteiger partial charge in [-0.15, -0.1) is 0 Å². The number of aryl methyl sites for hydroxylation is 3. The molecular formula is C14H22N6O. The Morgan fingerprint density at radius 3 is 2.86 bits per heavy atom. The molecule has 0 radical (unpaired) electrons. The number of nitrogens with zero attached hydrogens (tertiary/aromatic N) is 4. The van der Waals surface area contributed by atoms with E-state index < -0.39 is 0 Å². The Hall–Kier alpha value is -2.18. The van der Waals surface area contributed by atoms with Crippen LogP contribution >= 0.6 is 0 Å². The summed E-state index contributed by atoms with van der Waals surface area (Å²) in [5.41, 5.74) is 2.75. The third-order valence-corrected chi connectivity index (χ3v) is 3.46. The van der Waals surface area contributed by atoms with Crippen molar-refractivity contribution in [1.29, 1.82) is 0 Å². The second kappa shape index (κ2) is 6.51. The van der Waals surface area contributed by atoms with Gasteiger partial charge in [-0.1, -0.05) is 6.92 Å². The normalized spacial score (nSPS) is 12.4. The quantitative estimate of drug-likeness (QED) is 0.842. The number of aromatic nitrogens is 5. The van der Waals surface area contributed by atoms with E-state index in [4.69, 9.17) is 0 Å². The summed E-state index contributed by atoms with van der Waals surface area (Å²) in [6.07, 6.45) is 2.82. The smallest absolute Gasteiger partial charge is 0.225 e.